The van der Waals surface area contributed by atoms with Gasteiger partial charge in [-0.05, 0) is 45.3 Å². The van der Waals surface area contributed by atoms with Gasteiger partial charge in [-0.3, -0.25) is 4.90 Å². The van der Waals surface area contributed by atoms with Crippen LogP contribution in [0.2, 0.25) is 0 Å². The highest BCUT2D eigenvalue weighted by molar-refractivity contribution is 8.00. The van der Waals surface area contributed by atoms with Crippen LogP contribution in [0.25, 0.3) is 0 Å². The molecule has 0 fully saturated rings. The monoisotopic (exact) mass is 445 g/mol. The van der Waals surface area contributed by atoms with Gasteiger partial charge in [0, 0.05) is 55.2 Å². The smallest absolute Gasteiger partial charge is 0.212 e. The number of hydrogen-bond acceptors (Lipinski definition) is 9. The number of halogens is 2. The quantitative estimate of drug-likeness (QED) is 0.370. The highest BCUT2D eigenvalue weighted by atomic mass is 32.2. The average molecular weight is 446 g/mol. The zero-order valence-electron chi connectivity index (χ0n) is 16.9. The van der Waals surface area contributed by atoms with Crippen molar-refractivity contribution in [3.63, 3.8) is 0 Å². The lowest BCUT2D eigenvalue weighted by Gasteiger charge is -2.31. The number of nitrogens with zero attached hydrogens (tertiary/aromatic N) is 3. The Morgan fingerprint density at radius 2 is 1.97 bits per heavy atom. The summed E-state index contributed by atoms with van der Waals surface area (Å²) in [4.78, 5) is 6.33. The second-order valence-electron chi connectivity index (χ2n) is 7.22. The minimum Gasteiger partial charge on any atom is -0.382 e. The summed E-state index contributed by atoms with van der Waals surface area (Å²) in [6.45, 7) is 8.51. The van der Waals surface area contributed by atoms with Crippen molar-refractivity contribution in [3.8, 4) is 0 Å². The Morgan fingerprint density at radius 1 is 1.21 bits per heavy atom. The zero-order valence-corrected chi connectivity index (χ0v) is 18.5. The number of rotatable bonds is 12. The van der Waals surface area contributed by atoms with Crippen LogP contribution in [0.3, 0.4) is 0 Å². The van der Waals surface area contributed by atoms with E-state index in [1.54, 1.807) is 0 Å². The minimum atomic E-state index is -0.528. The molecule has 2 atom stereocenters. The maximum absolute atomic E-state index is 14.5. The predicted molar refractivity (Wildman–Crippen MR) is 117 cm³/mol. The van der Waals surface area contributed by atoms with E-state index in [-0.39, 0.29) is 22.5 Å². The number of nitrogens with one attached hydrogen (secondary N) is 2. The summed E-state index contributed by atoms with van der Waals surface area (Å²) in [6.07, 6.45) is 1.39. The topological polar surface area (TPSA) is 105 Å². The molecule has 7 nitrogen and oxygen atoms in total. The van der Waals surface area contributed by atoms with Gasteiger partial charge in [0.15, 0.2) is 0 Å². The van der Waals surface area contributed by atoms with Gasteiger partial charge in [0.2, 0.25) is 5.13 Å². The molecule has 0 radical (unpaired) electrons. The van der Waals surface area contributed by atoms with Crippen molar-refractivity contribution in [1.29, 1.82) is 0 Å². The Kier molecular flexibility index (Phi) is 9.50. The highest BCUT2D eigenvalue weighted by Gasteiger charge is 2.18. The van der Waals surface area contributed by atoms with Crippen molar-refractivity contribution in [2.24, 2.45) is 17.4 Å². The molecule has 1 aromatic heterocycles. The van der Waals surface area contributed by atoms with Gasteiger partial charge < -0.3 is 21.5 Å². The van der Waals surface area contributed by atoms with Crippen molar-refractivity contribution in [2.45, 2.75) is 37.8 Å². The molecule has 2 unspecified atom stereocenters. The second-order valence-corrected chi connectivity index (χ2v) is 8.85. The van der Waals surface area contributed by atoms with E-state index < -0.39 is 11.6 Å². The molecule has 29 heavy (non-hydrogen) atoms. The Hall–Kier alpha value is -1.53. The van der Waals surface area contributed by atoms with E-state index in [1.165, 1.54) is 6.33 Å². The number of anilines is 2. The van der Waals surface area contributed by atoms with E-state index >= 15 is 0 Å². The molecule has 162 valence electrons. The van der Waals surface area contributed by atoms with Gasteiger partial charge in [0.05, 0.1) is 10.6 Å². The summed E-state index contributed by atoms with van der Waals surface area (Å²) in [5.74, 6) is -0.979. The molecule has 1 heterocycles. The van der Waals surface area contributed by atoms with Gasteiger partial charge in [0.1, 0.15) is 18.0 Å². The van der Waals surface area contributed by atoms with E-state index in [0.717, 1.165) is 48.7 Å². The van der Waals surface area contributed by atoms with Crippen molar-refractivity contribution < 1.29 is 8.78 Å². The average Bonchev–Trinajstić information content (AvgIpc) is 3.18. The summed E-state index contributed by atoms with van der Waals surface area (Å²) in [5, 5.41) is 3.51. The molecule has 0 aliphatic rings. The molecule has 0 spiro atoms. The Labute approximate surface area is 178 Å². The SMILES string of the molecule is CC(N)CN(CC(CN)CNc1cc(F)c(SNc2ncns2)cc1F)C(C)C. The number of benzene rings is 1. The van der Waals surface area contributed by atoms with Crippen LogP contribution in [0.5, 0.6) is 0 Å². The summed E-state index contributed by atoms with van der Waals surface area (Å²) >= 11 is 2.08. The standard InChI is InChI=1S/C18H29F2N7S2/c1-11(2)27(8-12(3)22)9-13(6-21)7-23-16-4-15(20)17(5-14(16)19)28-26-18-24-10-25-29-18/h4-5,10-13,23H,6-9,21-22H2,1-3H3,(H,24,25,26). The number of hydrogen-bond donors (Lipinski definition) is 4. The van der Waals surface area contributed by atoms with Crippen LogP contribution in [-0.2, 0) is 0 Å². The maximum Gasteiger partial charge on any atom is 0.212 e. The first-order valence-corrected chi connectivity index (χ1v) is 11.0. The molecule has 0 amide bonds. The number of aromatic nitrogens is 2. The van der Waals surface area contributed by atoms with E-state index in [0.29, 0.717) is 24.3 Å². The van der Waals surface area contributed by atoms with Gasteiger partial charge in [-0.1, -0.05) is 0 Å². The summed E-state index contributed by atoms with van der Waals surface area (Å²) in [7, 11) is 0. The van der Waals surface area contributed by atoms with Crippen molar-refractivity contribution in [3.05, 3.63) is 30.1 Å². The molecule has 0 saturated heterocycles. The van der Waals surface area contributed by atoms with Crippen LogP contribution in [0.15, 0.2) is 23.4 Å². The van der Waals surface area contributed by atoms with Gasteiger partial charge in [-0.15, -0.1) is 0 Å². The molecule has 0 aliphatic heterocycles. The third-order valence-corrected chi connectivity index (χ3v) is 5.83. The van der Waals surface area contributed by atoms with Crippen molar-refractivity contribution in [2.75, 3.05) is 36.2 Å². The van der Waals surface area contributed by atoms with Crippen LogP contribution in [0.1, 0.15) is 20.8 Å². The Balaban J connectivity index is 1.96. The molecule has 1 aromatic carbocycles. The molecule has 6 N–H and O–H groups in total. The van der Waals surface area contributed by atoms with Crippen LogP contribution >= 0.6 is 23.5 Å². The largest absolute Gasteiger partial charge is 0.382 e. The fraction of sp³-hybridized carbons (Fsp3) is 0.556. The Morgan fingerprint density at radius 3 is 2.55 bits per heavy atom. The van der Waals surface area contributed by atoms with E-state index in [2.05, 4.69) is 38.1 Å². The van der Waals surface area contributed by atoms with E-state index in [1.807, 2.05) is 6.92 Å². The van der Waals surface area contributed by atoms with Crippen molar-refractivity contribution in [1.82, 2.24) is 14.3 Å². The summed E-state index contributed by atoms with van der Waals surface area (Å²) in [6, 6.07) is 2.69. The van der Waals surface area contributed by atoms with E-state index in [4.69, 9.17) is 11.5 Å². The molecule has 0 aliphatic carbocycles. The first-order chi connectivity index (χ1) is 13.8. The molecule has 11 heteroatoms. The third-order valence-electron chi connectivity index (χ3n) is 4.29. The predicted octanol–water partition coefficient (Wildman–Crippen LogP) is 2.98. The Bertz CT molecular complexity index is 744. The maximum atomic E-state index is 14.5. The molecular formula is C18H29F2N7S2. The van der Waals surface area contributed by atoms with Crippen LogP contribution < -0.4 is 21.5 Å². The summed E-state index contributed by atoms with van der Waals surface area (Å²) in [5.41, 5.74) is 11.9. The zero-order chi connectivity index (χ0) is 21.4. The second kappa shape index (κ2) is 11.6. The molecule has 2 aromatic rings. The summed E-state index contributed by atoms with van der Waals surface area (Å²) < 4.78 is 35.5. The van der Waals surface area contributed by atoms with Gasteiger partial charge in [-0.2, -0.15) is 4.37 Å². The van der Waals surface area contributed by atoms with Gasteiger partial charge in [-0.25, -0.2) is 13.8 Å². The molecule has 0 bridgehead atoms. The highest BCUT2D eigenvalue weighted by Crippen LogP contribution is 2.28. The number of nitrogens with two attached hydrogens (primary N) is 2. The fourth-order valence-corrected chi connectivity index (χ4v) is 3.86. The lowest BCUT2D eigenvalue weighted by molar-refractivity contribution is 0.184. The molecular weight excluding hydrogens is 416 g/mol. The first-order valence-electron chi connectivity index (χ1n) is 9.42. The lowest BCUT2D eigenvalue weighted by atomic mass is 10.1. The van der Waals surface area contributed by atoms with Gasteiger partial charge in [0.25, 0.3) is 0 Å². The van der Waals surface area contributed by atoms with E-state index in [9.17, 15) is 8.78 Å². The fourth-order valence-electron chi connectivity index (χ4n) is 2.73. The lowest BCUT2D eigenvalue weighted by Crippen LogP contribution is -2.45. The minimum absolute atomic E-state index is 0.0501. The van der Waals surface area contributed by atoms with Crippen molar-refractivity contribution >= 4 is 34.3 Å². The molecule has 2 rings (SSSR count). The third kappa shape index (κ3) is 7.67. The normalized spacial score (nSPS) is 13.7. The first kappa shape index (κ1) is 23.7. The molecule has 0 saturated carbocycles. The van der Waals surface area contributed by atoms with Crippen LogP contribution in [0.4, 0.5) is 19.6 Å². The van der Waals surface area contributed by atoms with Gasteiger partial charge >= 0.3 is 0 Å². The van der Waals surface area contributed by atoms with Crippen LogP contribution in [0, 0.1) is 17.6 Å². The van der Waals surface area contributed by atoms with Crippen LogP contribution in [-0.4, -0.2) is 52.5 Å².